The summed E-state index contributed by atoms with van der Waals surface area (Å²) in [6.07, 6.45) is 3.79. The van der Waals surface area contributed by atoms with Gasteiger partial charge in [-0.15, -0.1) is 0 Å². The van der Waals surface area contributed by atoms with Crippen LogP contribution in [0.3, 0.4) is 0 Å². The van der Waals surface area contributed by atoms with Crippen LogP contribution in [0.5, 0.6) is 0 Å². The zero-order valence-corrected chi connectivity index (χ0v) is 23.9. The predicted octanol–water partition coefficient (Wildman–Crippen LogP) is 4.39. The Balaban J connectivity index is 1.66. The van der Waals surface area contributed by atoms with Crippen LogP contribution in [0.2, 0.25) is 0 Å². The van der Waals surface area contributed by atoms with Gasteiger partial charge in [0, 0.05) is 49.9 Å². The van der Waals surface area contributed by atoms with Gasteiger partial charge in [-0.3, -0.25) is 19.2 Å². The van der Waals surface area contributed by atoms with Crippen molar-refractivity contribution >= 4 is 23.7 Å². The number of carbonyl (C=O) groups excluding carboxylic acids is 4. The Morgan fingerprint density at radius 3 is 2.29 bits per heavy atom. The molecule has 214 valence electrons. The molecule has 8 heteroatoms. The average molecular weight is 535 g/mol. The lowest BCUT2D eigenvalue weighted by Crippen LogP contribution is -2.65. The number of hydrogen-bond donors (Lipinski definition) is 1. The van der Waals surface area contributed by atoms with E-state index >= 15 is 0 Å². The molecular formula is C30H46O8. The fourth-order valence-electron chi connectivity index (χ4n) is 9.12. The molecule has 0 aromatic carbocycles. The van der Waals surface area contributed by atoms with Gasteiger partial charge in [-0.2, -0.15) is 0 Å². The first-order valence-electron chi connectivity index (χ1n) is 14.5. The van der Waals surface area contributed by atoms with Gasteiger partial charge in [-0.05, 0) is 76.0 Å². The van der Waals surface area contributed by atoms with Gasteiger partial charge >= 0.3 is 17.9 Å². The summed E-state index contributed by atoms with van der Waals surface area (Å²) in [7, 11) is 0. The first kappa shape index (κ1) is 29.0. The second-order valence-corrected chi connectivity index (χ2v) is 13.1. The molecule has 0 radical (unpaired) electrons. The number of hydrogen-bond acceptors (Lipinski definition) is 8. The zero-order chi connectivity index (χ0) is 28.0. The fraction of sp³-hybridized carbons (Fsp3) is 0.867. The molecule has 4 fully saturated rings. The van der Waals surface area contributed by atoms with E-state index in [0.29, 0.717) is 32.1 Å². The maximum atomic E-state index is 12.5. The highest BCUT2D eigenvalue weighted by Gasteiger charge is 2.68. The summed E-state index contributed by atoms with van der Waals surface area (Å²) in [4.78, 5) is 49.2. The number of ketones is 1. The number of Topliss-reactive ketones (excluding diaryl/α,β-unsaturated/α-hetero) is 1. The lowest BCUT2D eigenvalue weighted by molar-refractivity contribution is -0.233. The van der Waals surface area contributed by atoms with Crippen LogP contribution < -0.4 is 0 Å². The topological polar surface area (TPSA) is 116 Å². The minimum Gasteiger partial charge on any atom is -0.463 e. The summed E-state index contributed by atoms with van der Waals surface area (Å²) in [5, 5.41) is 11.3. The Labute approximate surface area is 226 Å². The summed E-state index contributed by atoms with van der Waals surface area (Å²) in [5.74, 6) is -0.551. The molecule has 0 aromatic rings. The van der Waals surface area contributed by atoms with E-state index in [1.165, 1.54) is 13.8 Å². The van der Waals surface area contributed by atoms with E-state index in [2.05, 4.69) is 13.8 Å². The third-order valence-corrected chi connectivity index (χ3v) is 10.8. The van der Waals surface area contributed by atoms with Crippen molar-refractivity contribution in [2.75, 3.05) is 0 Å². The van der Waals surface area contributed by atoms with Crippen molar-refractivity contribution in [2.45, 2.75) is 124 Å². The Bertz CT molecular complexity index is 945. The monoisotopic (exact) mass is 534 g/mol. The van der Waals surface area contributed by atoms with E-state index in [4.69, 9.17) is 14.2 Å². The molecule has 10 atom stereocenters. The molecule has 0 amide bonds. The van der Waals surface area contributed by atoms with Crippen molar-refractivity contribution in [1.29, 1.82) is 0 Å². The van der Waals surface area contributed by atoms with Gasteiger partial charge in [0.25, 0.3) is 0 Å². The maximum absolute atomic E-state index is 12.5. The van der Waals surface area contributed by atoms with E-state index in [0.717, 1.165) is 19.3 Å². The van der Waals surface area contributed by atoms with Gasteiger partial charge in [-0.25, -0.2) is 0 Å². The van der Waals surface area contributed by atoms with Crippen molar-refractivity contribution in [1.82, 2.24) is 0 Å². The molecule has 0 saturated heterocycles. The number of rotatable bonds is 7. The van der Waals surface area contributed by atoms with Crippen molar-refractivity contribution < 1.29 is 38.5 Å². The first-order valence-corrected chi connectivity index (χ1v) is 14.5. The highest BCUT2D eigenvalue weighted by atomic mass is 16.6. The van der Waals surface area contributed by atoms with Crippen LogP contribution in [0.4, 0.5) is 0 Å². The van der Waals surface area contributed by atoms with E-state index in [1.54, 1.807) is 0 Å². The van der Waals surface area contributed by atoms with Crippen LogP contribution in [0.15, 0.2) is 0 Å². The third-order valence-electron chi connectivity index (χ3n) is 10.8. The largest absolute Gasteiger partial charge is 0.463 e. The number of aliphatic hydroxyl groups excluding tert-OH is 1. The summed E-state index contributed by atoms with van der Waals surface area (Å²) in [6, 6.07) is 0. The molecule has 4 aliphatic carbocycles. The minimum absolute atomic E-state index is 0.00992. The Kier molecular flexibility index (Phi) is 8.33. The standard InChI is InChI=1S/C30H46O8/c1-16(2)36-27(35)9-7-8-19-10-11-22-28-23(15-26(30(19,22)6)38-18(4)32)29(5)20(12-21(33)14-25(29)34)13-24(28)37-17(3)31/h16,19-20,22-26,28,34H,7-15H2,1-6H3/t19-,20-,22-,23?,24+,25+,26-,28?,29-,30+/m0/s1. The lowest BCUT2D eigenvalue weighted by Gasteiger charge is -2.64. The fourth-order valence-corrected chi connectivity index (χ4v) is 9.12. The van der Waals surface area contributed by atoms with Crippen molar-refractivity contribution in [3.8, 4) is 0 Å². The minimum atomic E-state index is -0.772. The Hall–Kier alpha value is -1.96. The predicted molar refractivity (Wildman–Crippen MR) is 139 cm³/mol. The summed E-state index contributed by atoms with van der Waals surface area (Å²) >= 11 is 0. The van der Waals surface area contributed by atoms with Crippen LogP contribution in [0.25, 0.3) is 0 Å². The highest BCUT2D eigenvalue weighted by Crippen LogP contribution is 2.68. The molecule has 0 aliphatic heterocycles. The zero-order valence-electron chi connectivity index (χ0n) is 23.9. The normalized spacial score (nSPS) is 42.1. The number of ether oxygens (including phenoxy) is 3. The van der Waals surface area contributed by atoms with Crippen LogP contribution in [-0.2, 0) is 33.4 Å². The molecule has 0 aromatic heterocycles. The second-order valence-electron chi connectivity index (χ2n) is 13.1. The van der Waals surface area contributed by atoms with E-state index in [9.17, 15) is 24.3 Å². The molecule has 0 bridgehead atoms. The number of fused-ring (bicyclic) bond motifs is 5. The molecule has 4 rings (SSSR count). The van der Waals surface area contributed by atoms with Crippen LogP contribution in [-0.4, -0.2) is 53.2 Å². The number of aliphatic hydroxyl groups is 1. The van der Waals surface area contributed by atoms with E-state index in [1.807, 2.05) is 13.8 Å². The number of esters is 3. The van der Waals surface area contributed by atoms with Gasteiger partial charge in [0.1, 0.15) is 18.0 Å². The van der Waals surface area contributed by atoms with E-state index in [-0.39, 0.29) is 83.4 Å². The summed E-state index contributed by atoms with van der Waals surface area (Å²) in [5.41, 5.74) is -0.862. The van der Waals surface area contributed by atoms with Crippen LogP contribution >= 0.6 is 0 Å². The molecule has 0 heterocycles. The van der Waals surface area contributed by atoms with Gasteiger partial charge in [0.05, 0.1) is 12.2 Å². The summed E-state index contributed by atoms with van der Waals surface area (Å²) in [6.45, 7) is 10.9. The molecule has 0 spiro atoms. The van der Waals surface area contributed by atoms with Crippen molar-refractivity contribution in [2.24, 2.45) is 40.4 Å². The smallest absolute Gasteiger partial charge is 0.306 e. The quantitative estimate of drug-likeness (QED) is 0.378. The molecular weight excluding hydrogens is 488 g/mol. The first-order chi connectivity index (χ1) is 17.8. The molecule has 8 nitrogen and oxygen atoms in total. The highest BCUT2D eigenvalue weighted by molar-refractivity contribution is 5.80. The average Bonchev–Trinajstić information content (AvgIpc) is 3.12. The maximum Gasteiger partial charge on any atom is 0.306 e. The summed E-state index contributed by atoms with van der Waals surface area (Å²) < 4.78 is 17.4. The van der Waals surface area contributed by atoms with Crippen LogP contribution in [0, 0.1) is 40.4 Å². The van der Waals surface area contributed by atoms with Gasteiger partial charge < -0.3 is 19.3 Å². The molecule has 1 N–H and O–H groups in total. The van der Waals surface area contributed by atoms with Gasteiger partial charge in [0.15, 0.2) is 0 Å². The lowest BCUT2D eigenvalue weighted by atomic mass is 9.42. The second kappa shape index (κ2) is 10.9. The van der Waals surface area contributed by atoms with Crippen LogP contribution in [0.1, 0.15) is 99.3 Å². The Morgan fingerprint density at radius 1 is 0.974 bits per heavy atom. The molecule has 38 heavy (non-hydrogen) atoms. The molecule has 2 unspecified atom stereocenters. The van der Waals surface area contributed by atoms with E-state index < -0.39 is 11.5 Å². The van der Waals surface area contributed by atoms with Crippen molar-refractivity contribution in [3.63, 3.8) is 0 Å². The molecule has 4 saturated carbocycles. The Morgan fingerprint density at radius 2 is 1.66 bits per heavy atom. The molecule has 4 aliphatic rings. The SMILES string of the molecule is CC(=O)O[C@H]1CC2C([C@H](OC(C)=O)C[C@@H]3CC(=O)C[C@@H](O)[C@]23C)[C@@H]2CC[C@H](CCCC(=O)OC(C)C)[C@@]12C. The van der Waals surface area contributed by atoms with Gasteiger partial charge in [-0.1, -0.05) is 13.8 Å². The van der Waals surface area contributed by atoms with Crippen molar-refractivity contribution in [3.05, 3.63) is 0 Å². The van der Waals surface area contributed by atoms with Gasteiger partial charge in [0.2, 0.25) is 0 Å². The third kappa shape index (κ3) is 5.14. The number of carbonyl (C=O) groups is 4.